The highest BCUT2D eigenvalue weighted by Crippen LogP contribution is 2.24. The van der Waals surface area contributed by atoms with E-state index >= 15 is 0 Å². The van der Waals surface area contributed by atoms with Gasteiger partial charge in [-0.05, 0) is 12.1 Å². The quantitative estimate of drug-likeness (QED) is 0.783. The molecule has 21 heavy (non-hydrogen) atoms. The predicted octanol–water partition coefficient (Wildman–Crippen LogP) is 2.01. The van der Waals surface area contributed by atoms with Gasteiger partial charge in [-0.3, -0.25) is 4.79 Å². The molecule has 8 heteroatoms. The van der Waals surface area contributed by atoms with Gasteiger partial charge in [-0.2, -0.15) is 13.2 Å². The molecule has 0 heterocycles. The maximum absolute atomic E-state index is 11.9. The fourth-order valence-corrected chi connectivity index (χ4v) is 1.51. The van der Waals surface area contributed by atoms with Crippen LogP contribution in [0.5, 0.6) is 11.5 Å². The Morgan fingerprint density at radius 2 is 1.95 bits per heavy atom. The average molecular weight is 307 g/mol. The van der Waals surface area contributed by atoms with Crippen LogP contribution in [0, 0.1) is 0 Å². The van der Waals surface area contributed by atoms with Crippen molar-refractivity contribution in [2.75, 3.05) is 34.0 Å². The normalized spacial score (nSPS) is 11.1. The zero-order valence-electron chi connectivity index (χ0n) is 11.6. The summed E-state index contributed by atoms with van der Waals surface area (Å²) in [4.78, 5) is 11.9. The molecule has 0 saturated heterocycles. The Kier molecular flexibility index (Phi) is 6.29. The Bertz CT molecular complexity index is 477. The Hall–Kier alpha value is -1.96. The monoisotopic (exact) mass is 307 g/mol. The summed E-state index contributed by atoms with van der Waals surface area (Å²) < 4.78 is 50.0. The number of halogens is 3. The van der Waals surface area contributed by atoms with E-state index in [1.807, 2.05) is 0 Å². The number of methoxy groups -OCH3 is 2. The largest absolute Gasteiger partial charge is 0.497 e. The van der Waals surface area contributed by atoms with Crippen LogP contribution in [-0.4, -0.2) is 46.1 Å². The van der Waals surface area contributed by atoms with Crippen molar-refractivity contribution >= 4 is 5.91 Å². The number of benzene rings is 1. The standard InChI is InChI=1S/C13H16F3NO4/c1-19-9-3-4-10(11(7-9)20-2)12(18)17-5-6-21-8-13(14,15)16/h3-4,7H,5-6,8H2,1-2H3,(H,17,18). The van der Waals surface area contributed by atoms with Gasteiger partial charge in [-0.15, -0.1) is 0 Å². The maximum Gasteiger partial charge on any atom is 0.411 e. The van der Waals surface area contributed by atoms with Crippen molar-refractivity contribution in [2.24, 2.45) is 0 Å². The number of hydrogen-bond donors (Lipinski definition) is 1. The van der Waals surface area contributed by atoms with Crippen LogP contribution in [0.3, 0.4) is 0 Å². The van der Waals surface area contributed by atoms with Gasteiger partial charge in [-0.25, -0.2) is 0 Å². The third-order valence-corrected chi connectivity index (χ3v) is 2.45. The van der Waals surface area contributed by atoms with E-state index in [1.165, 1.54) is 26.4 Å². The molecule has 0 aromatic heterocycles. The molecular formula is C13H16F3NO4. The maximum atomic E-state index is 11.9. The molecule has 0 aliphatic heterocycles. The van der Waals surface area contributed by atoms with Crippen molar-refractivity contribution in [3.8, 4) is 11.5 Å². The van der Waals surface area contributed by atoms with Crippen molar-refractivity contribution < 1.29 is 32.2 Å². The molecule has 0 bridgehead atoms. The molecule has 0 unspecified atom stereocenters. The summed E-state index contributed by atoms with van der Waals surface area (Å²) in [5.74, 6) is 0.366. The number of alkyl halides is 3. The fraction of sp³-hybridized carbons (Fsp3) is 0.462. The molecule has 1 aromatic carbocycles. The topological polar surface area (TPSA) is 56.8 Å². The molecule has 118 valence electrons. The minimum absolute atomic E-state index is 0.0376. The molecule has 0 aliphatic rings. The van der Waals surface area contributed by atoms with Crippen LogP contribution in [0.4, 0.5) is 13.2 Å². The minimum atomic E-state index is -4.37. The summed E-state index contributed by atoms with van der Waals surface area (Å²) in [5.41, 5.74) is 0.258. The molecule has 1 N–H and O–H groups in total. The highest BCUT2D eigenvalue weighted by molar-refractivity contribution is 5.97. The van der Waals surface area contributed by atoms with Gasteiger partial charge in [0.15, 0.2) is 0 Å². The number of amides is 1. The van der Waals surface area contributed by atoms with Crippen molar-refractivity contribution in [1.29, 1.82) is 0 Å². The van der Waals surface area contributed by atoms with Gasteiger partial charge in [0.25, 0.3) is 5.91 Å². The van der Waals surface area contributed by atoms with Crippen LogP contribution in [0.2, 0.25) is 0 Å². The summed E-state index contributed by atoms with van der Waals surface area (Å²) in [5, 5.41) is 2.45. The van der Waals surface area contributed by atoms with Crippen molar-refractivity contribution in [3.63, 3.8) is 0 Å². The van der Waals surface area contributed by atoms with Crippen molar-refractivity contribution in [2.45, 2.75) is 6.18 Å². The lowest BCUT2D eigenvalue weighted by molar-refractivity contribution is -0.173. The SMILES string of the molecule is COc1ccc(C(=O)NCCOCC(F)(F)F)c(OC)c1. The number of hydrogen-bond acceptors (Lipinski definition) is 4. The van der Waals surface area contributed by atoms with Crippen LogP contribution >= 0.6 is 0 Å². The average Bonchev–Trinajstić information content (AvgIpc) is 2.44. The molecule has 1 aromatic rings. The van der Waals surface area contributed by atoms with Gasteiger partial charge in [0.1, 0.15) is 18.1 Å². The van der Waals surface area contributed by atoms with E-state index in [0.29, 0.717) is 11.5 Å². The Morgan fingerprint density at radius 1 is 1.24 bits per heavy atom. The molecule has 5 nitrogen and oxygen atoms in total. The lowest BCUT2D eigenvalue weighted by Crippen LogP contribution is -2.29. The van der Waals surface area contributed by atoms with E-state index in [0.717, 1.165) is 0 Å². The molecule has 0 saturated carbocycles. The van der Waals surface area contributed by atoms with Gasteiger partial charge in [0, 0.05) is 12.6 Å². The third kappa shape index (κ3) is 5.90. The van der Waals surface area contributed by atoms with Crippen LogP contribution in [0.25, 0.3) is 0 Å². The van der Waals surface area contributed by atoms with Gasteiger partial charge in [-0.1, -0.05) is 0 Å². The van der Waals surface area contributed by atoms with E-state index in [9.17, 15) is 18.0 Å². The van der Waals surface area contributed by atoms with Gasteiger partial charge < -0.3 is 19.5 Å². The number of nitrogens with one attached hydrogen (secondary N) is 1. The lowest BCUT2D eigenvalue weighted by Gasteiger charge is -2.11. The second-order valence-corrected chi connectivity index (χ2v) is 3.99. The second kappa shape index (κ2) is 7.72. The molecule has 0 atom stereocenters. The summed E-state index contributed by atoms with van der Waals surface area (Å²) in [6.07, 6.45) is -4.37. The van der Waals surface area contributed by atoms with Gasteiger partial charge in [0.05, 0.1) is 26.4 Å². The zero-order chi connectivity index (χ0) is 15.9. The molecule has 0 radical (unpaired) electrons. The first kappa shape index (κ1) is 17.1. The summed E-state index contributed by atoms with van der Waals surface area (Å²) in [6.45, 7) is -1.61. The lowest BCUT2D eigenvalue weighted by atomic mass is 10.1. The van der Waals surface area contributed by atoms with E-state index in [4.69, 9.17) is 9.47 Å². The van der Waals surface area contributed by atoms with Gasteiger partial charge >= 0.3 is 6.18 Å². The first-order chi connectivity index (χ1) is 9.87. The molecule has 0 spiro atoms. The summed E-state index contributed by atoms with van der Waals surface area (Å²) in [6, 6.07) is 4.62. The van der Waals surface area contributed by atoms with Crippen LogP contribution in [0.1, 0.15) is 10.4 Å². The van der Waals surface area contributed by atoms with Crippen molar-refractivity contribution in [3.05, 3.63) is 23.8 Å². The van der Waals surface area contributed by atoms with E-state index < -0.39 is 18.7 Å². The molecular weight excluding hydrogens is 291 g/mol. The first-order valence-corrected chi connectivity index (χ1v) is 6.02. The van der Waals surface area contributed by atoms with Crippen molar-refractivity contribution in [1.82, 2.24) is 5.32 Å². The number of ether oxygens (including phenoxy) is 3. The molecule has 0 aliphatic carbocycles. The van der Waals surface area contributed by atoms with E-state index in [2.05, 4.69) is 10.1 Å². The van der Waals surface area contributed by atoms with Gasteiger partial charge in [0.2, 0.25) is 0 Å². The zero-order valence-corrected chi connectivity index (χ0v) is 11.6. The summed E-state index contributed by atoms with van der Waals surface area (Å²) >= 11 is 0. The summed E-state index contributed by atoms with van der Waals surface area (Å²) in [7, 11) is 2.88. The van der Waals surface area contributed by atoms with Crippen LogP contribution in [-0.2, 0) is 4.74 Å². The third-order valence-electron chi connectivity index (χ3n) is 2.45. The minimum Gasteiger partial charge on any atom is -0.497 e. The molecule has 1 rings (SSSR count). The Balaban J connectivity index is 2.49. The second-order valence-electron chi connectivity index (χ2n) is 3.99. The Labute approximate surface area is 120 Å². The highest BCUT2D eigenvalue weighted by Gasteiger charge is 2.27. The fourth-order valence-electron chi connectivity index (χ4n) is 1.51. The number of carbonyl (C=O) groups is 1. The smallest absolute Gasteiger partial charge is 0.411 e. The first-order valence-electron chi connectivity index (χ1n) is 6.02. The number of rotatable bonds is 7. The molecule has 0 fully saturated rings. The van der Waals surface area contributed by atoms with E-state index in [1.54, 1.807) is 6.07 Å². The molecule has 1 amide bonds. The predicted molar refractivity (Wildman–Crippen MR) is 68.8 cm³/mol. The van der Waals surface area contributed by atoms with E-state index in [-0.39, 0.29) is 18.7 Å². The Morgan fingerprint density at radius 3 is 2.52 bits per heavy atom. The van der Waals surface area contributed by atoms with Crippen LogP contribution < -0.4 is 14.8 Å². The van der Waals surface area contributed by atoms with Crippen LogP contribution in [0.15, 0.2) is 18.2 Å². The highest BCUT2D eigenvalue weighted by atomic mass is 19.4. The number of carbonyl (C=O) groups excluding carboxylic acids is 1.